The number of likely N-dealkylation sites (N-methyl/N-ethyl adjacent to an activating group) is 1. The Morgan fingerprint density at radius 1 is 1.28 bits per heavy atom. The molecule has 6 nitrogen and oxygen atoms in total. The standard InChI is InChI=1S/C25H34N2O4S/c1-8-19(23(29)26(6)7)27(22(28)17-11-9-16(2)10-12-17)20-15-18(13-14-25(3,4)5)32-21(20)24(30)31/h9,15,17,19H,8,10-12H2,1-7H3,(H,30,31)/t17-,19-/m0/s1. The van der Waals surface area contributed by atoms with E-state index in [1.165, 1.54) is 15.4 Å². The molecule has 0 spiro atoms. The molecule has 1 N–H and O–H groups in total. The Morgan fingerprint density at radius 2 is 1.94 bits per heavy atom. The van der Waals surface area contributed by atoms with Crippen LogP contribution in [0.15, 0.2) is 17.7 Å². The molecule has 0 saturated carbocycles. The van der Waals surface area contributed by atoms with Crippen LogP contribution in [0, 0.1) is 23.2 Å². The van der Waals surface area contributed by atoms with Crippen molar-refractivity contribution in [3.8, 4) is 11.8 Å². The largest absolute Gasteiger partial charge is 0.477 e. The summed E-state index contributed by atoms with van der Waals surface area (Å²) in [5.74, 6) is 4.33. The molecule has 1 heterocycles. The number of rotatable bonds is 6. The van der Waals surface area contributed by atoms with Crippen LogP contribution in [0.4, 0.5) is 5.69 Å². The Hall–Kier alpha value is -2.59. The van der Waals surface area contributed by atoms with E-state index in [1.54, 1.807) is 20.2 Å². The van der Waals surface area contributed by atoms with Gasteiger partial charge in [0.25, 0.3) is 0 Å². The molecular weight excluding hydrogens is 424 g/mol. The number of anilines is 1. The zero-order valence-electron chi connectivity index (χ0n) is 20.1. The van der Waals surface area contributed by atoms with Crippen LogP contribution in [0.1, 0.15) is 74.9 Å². The fraction of sp³-hybridized carbons (Fsp3) is 0.560. The van der Waals surface area contributed by atoms with E-state index in [9.17, 15) is 19.5 Å². The number of hydrogen-bond acceptors (Lipinski definition) is 4. The number of amides is 2. The van der Waals surface area contributed by atoms with Crippen molar-refractivity contribution in [1.82, 2.24) is 4.90 Å². The first-order valence-electron chi connectivity index (χ1n) is 11.0. The van der Waals surface area contributed by atoms with Gasteiger partial charge in [-0.25, -0.2) is 4.79 Å². The Labute approximate surface area is 195 Å². The van der Waals surface area contributed by atoms with Gasteiger partial charge >= 0.3 is 5.97 Å². The van der Waals surface area contributed by atoms with Crippen LogP contribution in [0.3, 0.4) is 0 Å². The van der Waals surface area contributed by atoms with Crippen molar-refractivity contribution in [2.75, 3.05) is 19.0 Å². The summed E-state index contributed by atoms with van der Waals surface area (Å²) in [6.07, 6.45) is 4.54. The van der Waals surface area contributed by atoms with Crippen LogP contribution in [-0.2, 0) is 9.59 Å². The van der Waals surface area contributed by atoms with Crippen molar-refractivity contribution in [3.05, 3.63) is 27.5 Å². The van der Waals surface area contributed by atoms with E-state index in [4.69, 9.17) is 0 Å². The third-order valence-electron chi connectivity index (χ3n) is 5.38. The fourth-order valence-corrected chi connectivity index (χ4v) is 4.46. The first-order chi connectivity index (χ1) is 14.9. The van der Waals surface area contributed by atoms with Crippen LogP contribution in [-0.4, -0.2) is 47.9 Å². The second kappa shape index (κ2) is 10.4. The molecular formula is C25H34N2O4S. The number of thiophene rings is 1. The van der Waals surface area contributed by atoms with Gasteiger partial charge in [0.2, 0.25) is 11.8 Å². The highest BCUT2D eigenvalue weighted by molar-refractivity contribution is 7.15. The van der Waals surface area contributed by atoms with Crippen molar-refractivity contribution in [2.45, 2.75) is 66.3 Å². The van der Waals surface area contributed by atoms with Gasteiger partial charge in [0, 0.05) is 25.4 Å². The summed E-state index contributed by atoms with van der Waals surface area (Å²) in [7, 11) is 3.29. The number of carboxylic acid groups (broad SMARTS) is 1. The predicted molar refractivity (Wildman–Crippen MR) is 129 cm³/mol. The molecule has 1 aliphatic carbocycles. The summed E-state index contributed by atoms with van der Waals surface area (Å²) in [6.45, 7) is 9.81. The van der Waals surface area contributed by atoms with E-state index < -0.39 is 12.0 Å². The van der Waals surface area contributed by atoms with E-state index in [1.807, 2.05) is 34.6 Å². The SMILES string of the molecule is CC[C@@H](C(=O)N(C)C)N(C(=O)[C@H]1CC=C(C)CC1)c1cc(C#CC(C)(C)C)sc1C(=O)O. The second-order valence-electron chi connectivity index (χ2n) is 9.52. The van der Waals surface area contributed by atoms with Gasteiger partial charge in [-0.1, -0.05) is 30.4 Å². The molecule has 7 heteroatoms. The molecule has 0 unspecified atom stereocenters. The molecule has 2 atom stereocenters. The number of carbonyl (C=O) groups is 3. The van der Waals surface area contributed by atoms with Crippen molar-refractivity contribution < 1.29 is 19.5 Å². The predicted octanol–water partition coefficient (Wildman–Crippen LogP) is 4.79. The topological polar surface area (TPSA) is 77.9 Å². The van der Waals surface area contributed by atoms with Gasteiger partial charge in [0.15, 0.2) is 0 Å². The summed E-state index contributed by atoms with van der Waals surface area (Å²) >= 11 is 1.05. The van der Waals surface area contributed by atoms with Crippen LogP contribution in [0.5, 0.6) is 0 Å². The van der Waals surface area contributed by atoms with Gasteiger partial charge in [-0.3, -0.25) is 14.5 Å². The Morgan fingerprint density at radius 3 is 2.41 bits per heavy atom. The van der Waals surface area contributed by atoms with E-state index in [0.717, 1.165) is 17.8 Å². The molecule has 0 radical (unpaired) electrons. The van der Waals surface area contributed by atoms with Crippen molar-refractivity contribution in [1.29, 1.82) is 0 Å². The zero-order valence-corrected chi connectivity index (χ0v) is 20.9. The monoisotopic (exact) mass is 458 g/mol. The Balaban J connectivity index is 2.63. The minimum atomic E-state index is -1.13. The maximum Gasteiger partial charge on any atom is 0.348 e. The van der Waals surface area contributed by atoms with Crippen molar-refractivity contribution in [3.63, 3.8) is 0 Å². The number of carboxylic acids is 1. The number of carbonyl (C=O) groups excluding carboxylic acids is 2. The highest BCUT2D eigenvalue weighted by Crippen LogP contribution is 2.36. The van der Waals surface area contributed by atoms with Gasteiger partial charge in [0.1, 0.15) is 10.9 Å². The van der Waals surface area contributed by atoms with Gasteiger partial charge in [-0.15, -0.1) is 11.3 Å². The second-order valence-corrected chi connectivity index (χ2v) is 10.6. The average Bonchev–Trinajstić information content (AvgIpc) is 3.13. The van der Waals surface area contributed by atoms with Gasteiger partial charge < -0.3 is 10.0 Å². The van der Waals surface area contributed by atoms with E-state index in [0.29, 0.717) is 24.1 Å². The number of hydrogen-bond donors (Lipinski definition) is 1. The van der Waals surface area contributed by atoms with E-state index in [2.05, 4.69) is 17.9 Å². The van der Waals surface area contributed by atoms with Gasteiger partial charge in [-0.05, 0) is 59.4 Å². The number of nitrogens with zero attached hydrogens (tertiary/aromatic N) is 2. The molecule has 2 amide bonds. The van der Waals surface area contributed by atoms with E-state index >= 15 is 0 Å². The van der Waals surface area contributed by atoms with Gasteiger partial charge in [0.05, 0.1) is 10.6 Å². The number of allylic oxidation sites excluding steroid dienone is 2. The average molecular weight is 459 g/mol. The normalized spacial score (nSPS) is 17.0. The van der Waals surface area contributed by atoms with Crippen LogP contribution in [0.25, 0.3) is 0 Å². The van der Waals surface area contributed by atoms with Crippen molar-refractivity contribution >= 4 is 34.8 Å². The maximum absolute atomic E-state index is 13.7. The van der Waals surface area contributed by atoms with Crippen LogP contribution in [0.2, 0.25) is 0 Å². The molecule has 174 valence electrons. The Bertz CT molecular complexity index is 972. The smallest absolute Gasteiger partial charge is 0.348 e. The summed E-state index contributed by atoms with van der Waals surface area (Å²) in [6, 6.07) is 0.876. The lowest BCUT2D eigenvalue weighted by molar-refractivity contribution is -0.133. The molecule has 0 saturated heterocycles. The molecule has 0 fully saturated rings. The quantitative estimate of drug-likeness (QED) is 0.491. The lowest BCUT2D eigenvalue weighted by Gasteiger charge is -2.35. The van der Waals surface area contributed by atoms with Crippen LogP contribution >= 0.6 is 11.3 Å². The lowest BCUT2D eigenvalue weighted by Crippen LogP contribution is -2.51. The van der Waals surface area contributed by atoms with Crippen molar-refractivity contribution in [2.24, 2.45) is 11.3 Å². The molecule has 1 aromatic rings. The third kappa shape index (κ3) is 6.23. The molecule has 1 aromatic heterocycles. The van der Waals surface area contributed by atoms with Gasteiger partial charge in [-0.2, -0.15) is 0 Å². The minimum Gasteiger partial charge on any atom is -0.477 e. The molecule has 0 aliphatic heterocycles. The highest BCUT2D eigenvalue weighted by atomic mass is 32.1. The first-order valence-corrected chi connectivity index (χ1v) is 11.8. The fourth-order valence-electron chi connectivity index (χ4n) is 3.62. The molecule has 0 aromatic carbocycles. The lowest BCUT2D eigenvalue weighted by atomic mass is 9.88. The highest BCUT2D eigenvalue weighted by Gasteiger charge is 2.37. The summed E-state index contributed by atoms with van der Waals surface area (Å²) in [5.41, 5.74) is 1.26. The first kappa shape index (κ1) is 25.7. The Kier molecular flexibility index (Phi) is 8.30. The molecule has 1 aliphatic rings. The summed E-state index contributed by atoms with van der Waals surface area (Å²) < 4.78 is 0. The van der Waals surface area contributed by atoms with Crippen LogP contribution < -0.4 is 4.90 Å². The number of aromatic carboxylic acids is 1. The summed E-state index contributed by atoms with van der Waals surface area (Å²) in [4.78, 5) is 42.4. The maximum atomic E-state index is 13.7. The van der Waals surface area contributed by atoms with E-state index in [-0.39, 0.29) is 33.7 Å². The minimum absolute atomic E-state index is 0.0316. The molecule has 0 bridgehead atoms. The third-order valence-corrected chi connectivity index (χ3v) is 6.40. The zero-order chi connectivity index (χ0) is 24.2. The molecule has 2 rings (SSSR count). The summed E-state index contributed by atoms with van der Waals surface area (Å²) in [5, 5.41) is 9.90. The molecule has 32 heavy (non-hydrogen) atoms.